The number of β-amino-alcohol motifs (C(OH)–C–C–N with tert-alkyl or cyclic N) is 1. The normalized spacial score (nSPS) is 20.2. The Bertz CT molecular complexity index is 299. The number of halogens is 1. The van der Waals surface area contributed by atoms with Gasteiger partial charge in [-0.05, 0) is 12.1 Å². The predicted molar refractivity (Wildman–Crippen MR) is 41.0 cm³/mol. The average Bonchev–Trinajstić information content (AvgIpc) is 2.00. The molecular formula is C8H9FN2O. The Labute approximate surface area is 69.2 Å². The third kappa shape index (κ3) is 1.09. The van der Waals surface area contributed by atoms with Gasteiger partial charge in [0.25, 0.3) is 0 Å². The summed E-state index contributed by atoms with van der Waals surface area (Å²) in [5.74, 6) is -0.548. The third-order valence-electron chi connectivity index (χ3n) is 2.03. The highest BCUT2D eigenvalue weighted by Gasteiger charge is 2.37. The monoisotopic (exact) mass is 168 g/mol. The SMILES string of the molecule is OC1(c2cccc(F)n2)CNC1. The number of nitrogens with one attached hydrogen (secondary N) is 1. The Balaban J connectivity index is 2.33. The summed E-state index contributed by atoms with van der Waals surface area (Å²) in [5.41, 5.74) is -0.552. The molecule has 1 aliphatic heterocycles. The smallest absolute Gasteiger partial charge is 0.213 e. The van der Waals surface area contributed by atoms with Gasteiger partial charge in [0.2, 0.25) is 5.95 Å². The standard InChI is InChI=1S/C8H9FN2O/c9-7-3-1-2-6(11-7)8(12)4-10-5-8/h1-3,10,12H,4-5H2. The minimum Gasteiger partial charge on any atom is -0.381 e. The van der Waals surface area contributed by atoms with Crippen LogP contribution in [0.1, 0.15) is 5.69 Å². The van der Waals surface area contributed by atoms with Gasteiger partial charge in [0.05, 0.1) is 5.69 Å². The Kier molecular flexibility index (Phi) is 1.59. The fraction of sp³-hybridized carbons (Fsp3) is 0.375. The summed E-state index contributed by atoms with van der Waals surface area (Å²) in [4.78, 5) is 3.61. The lowest BCUT2D eigenvalue weighted by Gasteiger charge is -2.36. The summed E-state index contributed by atoms with van der Waals surface area (Å²) >= 11 is 0. The molecule has 4 heteroatoms. The maximum Gasteiger partial charge on any atom is 0.213 e. The second-order valence-corrected chi connectivity index (χ2v) is 2.98. The molecule has 0 spiro atoms. The van der Waals surface area contributed by atoms with Crippen molar-refractivity contribution < 1.29 is 9.50 Å². The zero-order valence-electron chi connectivity index (χ0n) is 6.42. The van der Waals surface area contributed by atoms with Crippen LogP contribution >= 0.6 is 0 Å². The van der Waals surface area contributed by atoms with Crippen LogP contribution in [0.3, 0.4) is 0 Å². The molecule has 0 saturated carbocycles. The van der Waals surface area contributed by atoms with Crippen molar-refractivity contribution in [2.75, 3.05) is 13.1 Å². The summed E-state index contributed by atoms with van der Waals surface area (Å²) in [6.07, 6.45) is 0. The highest BCUT2D eigenvalue weighted by atomic mass is 19.1. The minimum atomic E-state index is -0.956. The molecule has 1 aromatic heterocycles. The molecule has 1 fully saturated rings. The molecule has 12 heavy (non-hydrogen) atoms. The third-order valence-corrected chi connectivity index (χ3v) is 2.03. The van der Waals surface area contributed by atoms with Gasteiger partial charge >= 0.3 is 0 Å². The Hall–Kier alpha value is -1.00. The highest BCUT2D eigenvalue weighted by Crippen LogP contribution is 2.22. The average molecular weight is 168 g/mol. The molecule has 64 valence electrons. The molecule has 0 bridgehead atoms. The largest absolute Gasteiger partial charge is 0.381 e. The van der Waals surface area contributed by atoms with Gasteiger partial charge in [-0.15, -0.1) is 0 Å². The second kappa shape index (κ2) is 2.50. The molecule has 2 N–H and O–H groups in total. The molecule has 0 unspecified atom stereocenters. The van der Waals surface area contributed by atoms with Crippen molar-refractivity contribution >= 4 is 0 Å². The second-order valence-electron chi connectivity index (χ2n) is 2.98. The van der Waals surface area contributed by atoms with Gasteiger partial charge in [-0.1, -0.05) is 6.07 Å². The van der Waals surface area contributed by atoms with Gasteiger partial charge in [0.15, 0.2) is 0 Å². The topological polar surface area (TPSA) is 45.2 Å². The van der Waals surface area contributed by atoms with Gasteiger partial charge in [-0.2, -0.15) is 4.39 Å². The fourth-order valence-corrected chi connectivity index (χ4v) is 1.21. The molecule has 0 aliphatic carbocycles. The molecule has 0 amide bonds. The van der Waals surface area contributed by atoms with Crippen molar-refractivity contribution in [2.24, 2.45) is 0 Å². The van der Waals surface area contributed by atoms with Crippen molar-refractivity contribution in [1.29, 1.82) is 0 Å². The molecule has 1 aliphatic rings. The summed E-state index contributed by atoms with van der Waals surface area (Å²) in [7, 11) is 0. The van der Waals surface area contributed by atoms with Crippen LogP contribution in [0.25, 0.3) is 0 Å². The molecule has 0 radical (unpaired) electrons. The van der Waals surface area contributed by atoms with E-state index >= 15 is 0 Å². The maximum atomic E-state index is 12.6. The molecule has 0 aromatic carbocycles. The van der Waals surface area contributed by atoms with Crippen molar-refractivity contribution in [1.82, 2.24) is 10.3 Å². The van der Waals surface area contributed by atoms with Crippen LogP contribution < -0.4 is 5.32 Å². The lowest BCUT2D eigenvalue weighted by Crippen LogP contribution is -2.57. The van der Waals surface area contributed by atoms with E-state index in [0.29, 0.717) is 18.8 Å². The van der Waals surface area contributed by atoms with Gasteiger partial charge in [0.1, 0.15) is 5.60 Å². The van der Waals surface area contributed by atoms with E-state index in [1.165, 1.54) is 6.07 Å². The van der Waals surface area contributed by atoms with Gasteiger partial charge in [-0.3, -0.25) is 0 Å². The van der Waals surface area contributed by atoms with Crippen LogP contribution in [0.5, 0.6) is 0 Å². The molecule has 2 rings (SSSR count). The summed E-state index contributed by atoms with van der Waals surface area (Å²) in [6, 6.07) is 4.44. The van der Waals surface area contributed by atoms with Crippen LogP contribution in [0.15, 0.2) is 18.2 Å². The van der Waals surface area contributed by atoms with E-state index in [0.717, 1.165) is 0 Å². The van der Waals surface area contributed by atoms with Crippen molar-refractivity contribution in [2.45, 2.75) is 5.60 Å². The number of rotatable bonds is 1. The van der Waals surface area contributed by atoms with E-state index in [1.54, 1.807) is 12.1 Å². The van der Waals surface area contributed by atoms with E-state index in [1.807, 2.05) is 0 Å². The first kappa shape index (κ1) is 7.64. The van der Waals surface area contributed by atoms with Crippen molar-refractivity contribution in [3.05, 3.63) is 29.8 Å². The molecule has 1 aromatic rings. The number of aromatic nitrogens is 1. The number of hydrogen-bond acceptors (Lipinski definition) is 3. The van der Waals surface area contributed by atoms with E-state index < -0.39 is 11.5 Å². The maximum absolute atomic E-state index is 12.6. The van der Waals surface area contributed by atoms with Gasteiger partial charge in [-0.25, -0.2) is 4.98 Å². The van der Waals surface area contributed by atoms with Crippen molar-refractivity contribution in [3.8, 4) is 0 Å². The number of nitrogens with zero attached hydrogens (tertiary/aromatic N) is 1. The summed E-state index contributed by atoms with van der Waals surface area (Å²) in [5, 5.41) is 12.6. The van der Waals surface area contributed by atoms with E-state index in [9.17, 15) is 9.50 Å². The molecule has 2 heterocycles. The summed E-state index contributed by atoms with van der Waals surface area (Å²) < 4.78 is 12.6. The number of hydrogen-bond donors (Lipinski definition) is 2. The zero-order valence-corrected chi connectivity index (χ0v) is 6.42. The Morgan fingerprint density at radius 1 is 1.50 bits per heavy atom. The molecule has 3 nitrogen and oxygen atoms in total. The van der Waals surface area contributed by atoms with Crippen LogP contribution in [-0.2, 0) is 5.60 Å². The van der Waals surface area contributed by atoms with Crippen molar-refractivity contribution in [3.63, 3.8) is 0 Å². The van der Waals surface area contributed by atoms with E-state index in [-0.39, 0.29) is 0 Å². The van der Waals surface area contributed by atoms with E-state index in [2.05, 4.69) is 10.3 Å². The number of pyridine rings is 1. The Morgan fingerprint density at radius 2 is 2.25 bits per heavy atom. The highest BCUT2D eigenvalue weighted by molar-refractivity contribution is 5.18. The quantitative estimate of drug-likeness (QED) is 0.581. The number of aliphatic hydroxyl groups is 1. The first-order valence-electron chi connectivity index (χ1n) is 3.77. The fourth-order valence-electron chi connectivity index (χ4n) is 1.21. The molecular weight excluding hydrogens is 159 g/mol. The first-order valence-corrected chi connectivity index (χ1v) is 3.77. The lowest BCUT2D eigenvalue weighted by molar-refractivity contribution is -0.0191. The summed E-state index contributed by atoms with van der Waals surface area (Å²) in [6.45, 7) is 0.896. The lowest BCUT2D eigenvalue weighted by atomic mass is 9.93. The van der Waals surface area contributed by atoms with Crippen LogP contribution in [0.4, 0.5) is 4.39 Å². The van der Waals surface area contributed by atoms with Crippen LogP contribution in [0, 0.1) is 5.95 Å². The van der Waals surface area contributed by atoms with Crippen LogP contribution in [0.2, 0.25) is 0 Å². The Morgan fingerprint density at radius 3 is 2.75 bits per heavy atom. The molecule has 0 atom stereocenters. The van der Waals surface area contributed by atoms with Crippen LogP contribution in [-0.4, -0.2) is 23.2 Å². The zero-order chi connectivity index (χ0) is 8.60. The first-order chi connectivity index (χ1) is 5.71. The molecule has 1 saturated heterocycles. The van der Waals surface area contributed by atoms with Gasteiger partial charge in [0, 0.05) is 13.1 Å². The predicted octanol–water partition coefficient (Wildman–Crippen LogP) is 0.0115. The van der Waals surface area contributed by atoms with Gasteiger partial charge < -0.3 is 10.4 Å². The minimum absolute atomic E-state index is 0.404. The van der Waals surface area contributed by atoms with E-state index in [4.69, 9.17) is 0 Å².